The molecule has 0 amide bonds. The van der Waals surface area contributed by atoms with Gasteiger partial charge in [-0.15, -0.1) is 0 Å². The molecular weight excluding hydrogens is 248 g/mol. The van der Waals surface area contributed by atoms with Gasteiger partial charge in [-0.05, 0) is 37.5 Å². The minimum Gasteiger partial charge on any atom is -0.320 e. The van der Waals surface area contributed by atoms with Crippen LogP contribution in [0.5, 0.6) is 0 Å². The van der Waals surface area contributed by atoms with Gasteiger partial charge in [0.1, 0.15) is 0 Å². The van der Waals surface area contributed by atoms with E-state index in [4.69, 9.17) is 5.73 Å². The first-order valence-corrected chi connectivity index (χ1v) is 7.39. The van der Waals surface area contributed by atoms with E-state index in [2.05, 4.69) is 16.6 Å². The molecule has 0 aliphatic heterocycles. The summed E-state index contributed by atoms with van der Waals surface area (Å²) < 4.78 is 26.5. The van der Waals surface area contributed by atoms with Crippen molar-refractivity contribution in [3.8, 4) is 11.8 Å². The van der Waals surface area contributed by atoms with Gasteiger partial charge in [-0.2, -0.15) is 0 Å². The van der Waals surface area contributed by atoms with Crippen molar-refractivity contribution in [2.45, 2.75) is 25.0 Å². The number of benzene rings is 1. The van der Waals surface area contributed by atoms with Crippen LogP contribution in [0.2, 0.25) is 0 Å². The van der Waals surface area contributed by atoms with Gasteiger partial charge in [-0.3, -0.25) is 4.72 Å². The molecule has 2 rings (SSSR count). The van der Waals surface area contributed by atoms with Gasteiger partial charge in [0.25, 0.3) is 0 Å². The Balaban J connectivity index is 2.33. The van der Waals surface area contributed by atoms with Crippen molar-refractivity contribution in [1.29, 1.82) is 0 Å². The normalized spacial score (nSPS) is 14.8. The lowest BCUT2D eigenvalue weighted by Crippen LogP contribution is -2.18. The molecule has 18 heavy (non-hydrogen) atoms. The summed E-state index contributed by atoms with van der Waals surface area (Å²) in [5.41, 5.74) is 7.52. The van der Waals surface area contributed by atoms with Crippen LogP contribution in [0.4, 0.5) is 5.69 Å². The standard InChI is InChI=1S/C13H16N2O2S/c1-10-4-5-11(3-2-8-14)13(9-10)15-18(16,17)12-6-7-12/h4-5,9,12,15H,6-8,14H2,1H3. The summed E-state index contributed by atoms with van der Waals surface area (Å²) in [4.78, 5) is 0. The summed E-state index contributed by atoms with van der Waals surface area (Å²) >= 11 is 0. The van der Waals surface area contributed by atoms with E-state index in [9.17, 15) is 8.42 Å². The fourth-order valence-electron chi connectivity index (χ4n) is 1.61. The molecule has 0 aromatic heterocycles. The molecule has 96 valence electrons. The van der Waals surface area contributed by atoms with Crippen molar-refractivity contribution in [2.24, 2.45) is 5.73 Å². The molecule has 4 nitrogen and oxygen atoms in total. The largest absolute Gasteiger partial charge is 0.320 e. The molecular formula is C13H16N2O2S. The van der Waals surface area contributed by atoms with Crippen LogP contribution in [0.15, 0.2) is 18.2 Å². The second kappa shape index (κ2) is 5.01. The Labute approximate surface area is 108 Å². The fourth-order valence-corrected chi connectivity index (χ4v) is 3.01. The Hall–Kier alpha value is -1.51. The van der Waals surface area contributed by atoms with Crippen LogP contribution in [0.25, 0.3) is 0 Å². The SMILES string of the molecule is Cc1ccc(C#CCN)c(NS(=O)(=O)C2CC2)c1. The molecule has 1 aromatic rings. The van der Waals surface area contributed by atoms with Gasteiger partial charge < -0.3 is 5.73 Å². The first-order valence-electron chi connectivity index (χ1n) is 5.84. The number of aryl methyl sites for hydroxylation is 1. The number of sulfonamides is 1. The highest BCUT2D eigenvalue weighted by Gasteiger charge is 2.35. The third-order valence-electron chi connectivity index (χ3n) is 2.72. The lowest BCUT2D eigenvalue weighted by Gasteiger charge is -2.10. The molecule has 0 atom stereocenters. The highest BCUT2D eigenvalue weighted by molar-refractivity contribution is 7.93. The molecule has 0 saturated heterocycles. The van der Waals surface area contributed by atoms with Crippen LogP contribution >= 0.6 is 0 Å². The summed E-state index contributed by atoms with van der Waals surface area (Å²) in [6.07, 6.45) is 1.48. The van der Waals surface area contributed by atoms with Gasteiger partial charge >= 0.3 is 0 Å². The van der Waals surface area contributed by atoms with E-state index >= 15 is 0 Å². The molecule has 1 aromatic carbocycles. The van der Waals surface area contributed by atoms with Gasteiger partial charge in [-0.1, -0.05) is 17.9 Å². The van der Waals surface area contributed by atoms with Crippen LogP contribution in [0.3, 0.4) is 0 Å². The third kappa shape index (κ3) is 3.03. The van der Waals surface area contributed by atoms with Crippen LogP contribution in [0, 0.1) is 18.8 Å². The molecule has 0 heterocycles. The quantitative estimate of drug-likeness (QED) is 0.806. The second-order valence-corrected chi connectivity index (χ2v) is 6.36. The summed E-state index contributed by atoms with van der Waals surface area (Å²) in [7, 11) is -3.25. The minimum atomic E-state index is -3.25. The Morgan fingerprint density at radius 1 is 1.44 bits per heavy atom. The molecule has 0 bridgehead atoms. The van der Waals surface area contributed by atoms with Crippen molar-refractivity contribution in [2.75, 3.05) is 11.3 Å². The molecule has 0 unspecified atom stereocenters. The monoisotopic (exact) mass is 264 g/mol. The molecule has 1 aliphatic carbocycles. The zero-order chi connectivity index (χ0) is 13.2. The van der Waals surface area contributed by atoms with Gasteiger partial charge in [-0.25, -0.2) is 8.42 Å². The first-order chi connectivity index (χ1) is 8.53. The van der Waals surface area contributed by atoms with Gasteiger partial charge in [0.05, 0.1) is 17.5 Å². The van der Waals surface area contributed by atoms with E-state index in [0.29, 0.717) is 11.3 Å². The highest BCUT2D eigenvalue weighted by Crippen LogP contribution is 2.30. The topological polar surface area (TPSA) is 72.2 Å². The first kappa shape index (κ1) is 12.9. The molecule has 5 heteroatoms. The smallest absolute Gasteiger partial charge is 0.235 e. The van der Waals surface area contributed by atoms with E-state index < -0.39 is 10.0 Å². The number of rotatable bonds is 3. The zero-order valence-corrected chi connectivity index (χ0v) is 11.0. The third-order valence-corrected chi connectivity index (χ3v) is 4.57. The number of hydrogen-bond donors (Lipinski definition) is 2. The Morgan fingerprint density at radius 3 is 2.78 bits per heavy atom. The van der Waals surface area contributed by atoms with Gasteiger partial charge in [0.2, 0.25) is 10.0 Å². The molecule has 0 spiro atoms. The van der Waals surface area contributed by atoms with Crippen LogP contribution in [0.1, 0.15) is 24.0 Å². The number of nitrogens with one attached hydrogen (secondary N) is 1. The summed E-state index contributed by atoms with van der Waals surface area (Å²) in [6, 6.07) is 5.50. The maximum absolute atomic E-state index is 11.9. The minimum absolute atomic E-state index is 0.242. The average Bonchev–Trinajstić information content (AvgIpc) is 3.11. The van der Waals surface area contributed by atoms with Crippen molar-refractivity contribution < 1.29 is 8.42 Å². The zero-order valence-electron chi connectivity index (χ0n) is 10.2. The molecule has 3 N–H and O–H groups in total. The summed E-state index contributed by atoms with van der Waals surface area (Å²) in [6.45, 7) is 2.16. The van der Waals surface area contributed by atoms with E-state index in [1.807, 2.05) is 19.1 Å². The predicted octanol–water partition coefficient (Wildman–Crippen LogP) is 1.21. The van der Waals surface area contributed by atoms with Gasteiger partial charge in [0.15, 0.2) is 0 Å². The van der Waals surface area contributed by atoms with Crippen molar-refractivity contribution in [3.05, 3.63) is 29.3 Å². The highest BCUT2D eigenvalue weighted by atomic mass is 32.2. The predicted molar refractivity (Wildman–Crippen MR) is 72.7 cm³/mol. The lowest BCUT2D eigenvalue weighted by atomic mass is 10.1. The van der Waals surface area contributed by atoms with Crippen molar-refractivity contribution >= 4 is 15.7 Å². The lowest BCUT2D eigenvalue weighted by molar-refractivity contribution is 0.600. The fraction of sp³-hybridized carbons (Fsp3) is 0.385. The summed E-state index contributed by atoms with van der Waals surface area (Å²) in [5, 5.41) is -0.242. The second-order valence-electron chi connectivity index (χ2n) is 4.40. The molecule has 1 fully saturated rings. The van der Waals surface area contributed by atoms with E-state index in [1.54, 1.807) is 6.07 Å². The average molecular weight is 264 g/mol. The Kier molecular flexibility index (Phi) is 3.60. The Bertz CT molecular complexity index is 608. The number of nitrogens with two attached hydrogens (primary N) is 1. The van der Waals surface area contributed by atoms with Crippen LogP contribution < -0.4 is 10.5 Å². The Morgan fingerprint density at radius 2 is 2.17 bits per heavy atom. The van der Waals surface area contributed by atoms with Crippen LogP contribution in [-0.4, -0.2) is 20.2 Å². The van der Waals surface area contributed by atoms with Crippen LogP contribution in [-0.2, 0) is 10.0 Å². The molecule has 1 aliphatic rings. The summed E-state index contributed by atoms with van der Waals surface area (Å²) in [5.74, 6) is 5.62. The van der Waals surface area contributed by atoms with Crippen molar-refractivity contribution in [3.63, 3.8) is 0 Å². The number of hydrogen-bond acceptors (Lipinski definition) is 3. The maximum Gasteiger partial charge on any atom is 0.235 e. The molecule has 1 saturated carbocycles. The van der Waals surface area contributed by atoms with E-state index in [1.165, 1.54) is 0 Å². The molecule has 0 radical (unpaired) electrons. The number of anilines is 1. The van der Waals surface area contributed by atoms with Gasteiger partial charge in [0, 0.05) is 5.56 Å². The van der Waals surface area contributed by atoms with Crippen molar-refractivity contribution in [1.82, 2.24) is 0 Å². The van der Waals surface area contributed by atoms with E-state index in [0.717, 1.165) is 18.4 Å². The maximum atomic E-state index is 11.9. The van der Waals surface area contributed by atoms with E-state index in [-0.39, 0.29) is 11.8 Å².